The summed E-state index contributed by atoms with van der Waals surface area (Å²) in [6.07, 6.45) is 0. The molecule has 0 unspecified atom stereocenters. The number of primary amides is 1. The number of alkyl halides is 1. The van der Waals surface area contributed by atoms with Crippen LogP contribution in [-0.4, -0.2) is 31.4 Å². The van der Waals surface area contributed by atoms with Crippen molar-refractivity contribution in [2.75, 3.05) is 41.5 Å². The third-order valence-corrected chi connectivity index (χ3v) is 2.99. The highest BCUT2D eigenvalue weighted by molar-refractivity contribution is 6.18. The molecule has 0 saturated heterocycles. The Hall–Kier alpha value is -1.62. The number of hydrogen-bond acceptors (Lipinski definition) is 4. The topological polar surface area (TPSA) is 84.4 Å². The molecule has 0 aliphatic carbocycles. The quantitative estimate of drug-likeness (QED) is 0.551. The molecule has 0 radical (unpaired) electrons. The van der Waals surface area contributed by atoms with E-state index in [2.05, 4.69) is 10.2 Å². The van der Waals surface area contributed by atoms with Gasteiger partial charge in [-0.2, -0.15) is 0 Å². The van der Waals surface area contributed by atoms with Crippen molar-refractivity contribution in [2.24, 2.45) is 5.73 Å². The molecule has 1 aromatic carbocycles. The molecular formula is C11H15ClN4O. The number of hydrogen-bond donors (Lipinski definition) is 3. The van der Waals surface area contributed by atoms with Crippen molar-refractivity contribution in [1.29, 1.82) is 0 Å². The second-order valence-electron chi connectivity index (χ2n) is 3.92. The van der Waals surface area contributed by atoms with Crippen molar-refractivity contribution in [3.05, 3.63) is 17.7 Å². The van der Waals surface area contributed by atoms with Gasteiger partial charge in [-0.05, 0) is 12.1 Å². The van der Waals surface area contributed by atoms with Crippen LogP contribution in [0.4, 0.5) is 17.1 Å². The summed E-state index contributed by atoms with van der Waals surface area (Å²) < 4.78 is 0. The Kier molecular flexibility index (Phi) is 3.28. The number of nitrogens with two attached hydrogens (primary N) is 2. The van der Waals surface area contributed by atoms with E-state index < -0.39 is 5.91 Å². The van der Waals surface area contributed by atoms with Crippen LogP contribution in [0.25, 0.3) is 0 Å². The highest BCUT2D eigenvalue weighted by atomic mass is 35.5. The minimum atomic E-state index is -0.512. The number of nitrogens with one attached hydrogen (secondary N) is 1. The Morgan fingerprint density at radius 3 is 2.94 bits per heavy atom. The molecule has 0 aromatic heterocycles. The smallest absolute Gasteiger partial charge is 0.250 e. The van der Waals surface area contributed by atoms with Crippen LogP contribution in [0.3, 0.4) is 0 Å². The summed E-state index contributed by atoms with van der Waals surface area (Å²) in [6, 6.07) is 3.47. The first-order chi connectivity index (χ1) is 8.13. The zero-order valence-electron chi connectivity index (χ0n) is 9.37. The predicted molar refractivity (Wildman–Crippen MR) is 70.8 cm³/mol. The lowest BCUT2D eigenvalue weighted by atomic mass is 10.1. The number of carbonyl (C=O) groups excluding carboxylic acids is 1. The van der Waals surface area contributed by atoms with E-state index in [9.17, 15) is 4.79 Å². The number of amides is 1. The van der Waals surface area contributed by atoms with E-state index in [0.29, 0.717) is 17.1 Å². The van der Waals surface area contributed by atoms with Crippen molar-refractivity contribution < 1.29 is 4.79 Å². The maximum absolute atomic E-state index is 11.2. The molecule has 6 heteroatoms. The molecule has 92 valence electrons. The fraction of sp³-hybridized carbons (Fsp3) is 0.364. The number of nitrogens with zero attached hydrogens (tertiary/aromatic N) is 1. The molecule has 1 aliphatic heterocycles. The van der Waals surface area contributed by atoms with Crippen LogP contribution in [-0.2, 0) is 0 Å². The third kappa shape index (κ3) is 2.24. The van der Waals surface area contributed by atoms with Crippen LogP contribution in [0.1, 0.15) is 10.4 Å². The van der Waals surface area contributed by atoms with E-state index >= 15 is 0 Å². The molecule has 0 saturated carbocycles. The molecule has 2 rings (SSSR count). The third-order valence-electron chi connectivity index (χ3n) is 2.83. The first-order valence-electron chi connectivity index (χ1n) is 5.41. The van der Waals surface area contributed by atoms with Gasteiger partial charge < -0.3 is 21.7 Å². The van der Waals surface area contributed by atoms with Crippen molar-refractivity contribution in [3.8, 4) is 0 Å². The van der Waals surface area contributed by atoms with Gasteiger partial charge in [0, 0.05) is 31.2 Å². The lowest BCUT2D eigenvalue weighted by Crippen LogP contribution is -2.35. The van der Waals surface area contributed by atoms with E-state index in [4.69, 9.17) is 23.1 Å². The van der Waals surface area contributed by atoms with Crippen molar-refractivity contribution in [3.63, 3.8) is 0 Å². The van der Waals surface area contributed by atoms with E-state index in [1.165, 1.54) is 0 Å². The van der Waals surface area contributed by atoms with Crippen LogP contribution in [0.5, 0.6) is 0 Å². The maximum Gasteiger partial charge on any atom is 0.250 e. The second kappa shape index (κ2) is 4.71. The lowest BCUT2D eigenvalue weighted by Gasteiger charge is -2.32. The summed E-state index contributed by atoms with van der Waals surface area (Å²) in [7, 11) is 0. The number of nitrogen functional groups attached to an aromatic ring is 1. The van der Waals surface area contributed by atoms with Crippen LogP contribution >= 0.6 is 11.6 Å². The summed E-state index contributed by atoms with van der Waals surface area (Å²) in [5.74, 6) is 0.0251. The Bertz CT molecular complexity index is 449. The first-order valence-corrected chi connectivity index (χ1v) is 5.95. The summed E-state index contributed by atoms with van der Waals surface area (Å²) in [5.41, 5.74) is 13.7. The van der Waals surface area contributed by atoms with Gasteiger partial charge in [-0.15, -0.1) is 11.6 Å². The molecule has 0 fully saturated rings. The molecule has 0 bridgehead atoms. The number of carbonyl (C=O) groups is 1. The molecule has 17 heavy (non-hydrogen) atoms. The fourth-order valence-electron chi connectivity index (χ4n) is 2.00. The number of benzene rings is 1. The van der Waals surface area contributed by atoms with Crippen LogP contribution in [0.15, 0.2) is 12.1 Å². The predicted octanol–water partition coefficient (Wildman–Crippen LogP) is 0.838. The number of anilines is 3. The number of halogens is 1. The van der Waals surface area contributed by atoms with Gasteiger partial charge in [0.15, 0.2) is 0 Å². The summed E-state index contributed by atoms with van der Waals surface area (Å²) in [5, 5.41) is 3.24. The summed E-state index contributed by atoms with van der Waals surface area (Å²) in [4.78, 5) is 13.4. The van der Waals surface area contributed by atoms with Crippen molar-refractivity contribution in [2.45, 2.75) is 0 Å². The van der Waals surface area contributed by atoms with Gasteiger partial charge in [-0.1, -0.05) is 0 Å². The van der Waals surface area contributed by atoms with Crippen LogP contribution in [0.2, 0.25) is 0 Å². The normalized spacial score (nSPS) is 14.1. The Morgan fingerprint density at radius 1 is 1.53 bits per heavy atom. The lowest BCUT2D eigenvalue weighted by molar-refractivity contribution is 0.100. The van der Waals surface area contributed by atoms with Crippen molar-refractivity contribution in [1.82, 2.24) is 0 Å². The highest BCUT2D eigenvalue weighted by Gasteiger charge is 2.19. The Morgan fingerprint density at radius 2 is 2.29 bits per heavy atom. The standard InChI is InChI=1S/C11H15ClN4O/c12-1-3-16-4-2-15-9-6-8(13)7(11(14)17)5-10(9)16/h5-6,15H,1-4,13H2,(H2,14,17). The average molecular weight is 255 g/mol. The molecule has 0 atom stereocenters. The monoisotopic (exact) mass is 254 g/mol. The van der Waals surface area contributed by atoms with Gasteiger partial charge in [0.1, 0.15) is 0 Å². The second-order valence-corrected chi connectivity index (χ2v) is 4.30. The van der Waals surface area contributed by atoms with E-state index in [-0.39, 0.29) is 0 Å². The molecule has 1 aliphatic rings. The van der Waals surface area contributed by atoms with Gasteiger partial charge in [0.05, 0.1) is 16.9 Å². The zero-order valence-corrected chi connectivity index (χ0v) is 10.1. The number of fused-ring (bicyclic) bond motifs is 1. The highest BCUT2D eigenvalue weighted by Crippen LogP contribution is 2.33. The molecule has 0 spiro atoms. The molecular weight excluding hydrogens is 240 g/mol. The minimum Gasteiger partial charge on any atom is -0.398 e. The SMILES string of the molecule is NC(=O)c1cc2c(cc1N)NCCN2CCCl. The van der Waals surface area contributed by atoms with Gasteiger partial charge in [0.25, 0.3) is 5.91 Å². The Balaban J connectivity index is 2.45. The maximum atomic E-state index is 11.2. The van der Waals surface area contributed by atoms with Gasteiger partial charge >= 0.3 is 0 Å². The molecule has 1 amide bonds. The Labute approximate surface area is 105 Å². The van der Waals surface area contributed by atoms with Gasteiger partial charge in [-0.3, -0.25) is 4.79 Å². The molecule has 5 nitrogen and oxygen atoms in total. The largest absolute Gasteiger partial charge is 0.398 e. The molecule has 5 N–H and O–H groups in total. The summed E-state index contributed by atoms with van der Waals surface area (Å²) in [6.45, 7) is 2.42. The van der Waals surface area contributed by atoms with Crippen molar-refractivity contribution >= 4 is 34.6 Å². The fourth-order valence-corrected chi connectivity index (χ4v) is 2.21. The average Bonchev–Trinajstić information content (AvgIpc) is 2.28. The summed E-state index contributed by atoms with van der Waals surface area (Å²) >= 11 is 5.76. The first kappa shape index (κ1) is 11.9. The number of rotatable bonds is 3. The van der Waals surface area contributed by atoms with Gasteiger partial charge in [-0.25, -0.2) is 0 Å². The van der Waals surface area contributed by atoms with E-state index in [1.54, 1.807) is 12.1 Å². The van der Waals surface area contributed by atoms with Crippen LogP contribution < -0.4 is 21.7 Å². The zero-order chi connectivity index (χ0) is 12.4. The van der Waals surface area contributed by atoms with Gasteiger partial charge in [0.2, 0.25) is 0 Å². The van der Waals surface area contributed by atoms with E-state index in [1.807, 2.05) is 0 Å². The molecule has 1 heterocycles. The van der Waals surface area contributed by atoms with E-state index in [0.717, 1.165) is 31.0 Å². The minimum absolute atomic E-state index is 0.354. The molecule has 1 aromatic rings. The van der Waals surface area contributed by atoms with Crippen LogP contribution in [0, 0.1) is 0 Å².